The van der Waals surface area contributed by atoms with E-state index in [0.29, 0.717) is 31.4 Å². The zero-order valence-electron chi connectivity index (χ0n) is 18.0. The van der Waals surface area contributed by atoms with Gasteiger partial charge in [0.1, 0.15) is 17.8 Å². The molecule has 5 rings (SSSR count). The minimum Gasteiger partial charge on any atom is -0.383 e. The lowest BCUT2D eigenvalue weighted by Gasteiger charge is -2.30. The summed E-state index contributed by atoms with van der Waals surface area (Å²) in [6.07, 6.45) is 6.04. The maximum atomic E-state index is 12.1. The van der Waals surface area contributed by atoms with Crippen molar-refractivity contribution in [2.45, 2.75) is 32.7 Å². The molecule has 10 heteroatoms. The highest BCUT2D eigenvalue weighted by Gasteiger charge is 2.27. The number of aromatic nitrogens is 5. The van der Waals surface area contributed by atoms with Crippen LogP contribution in [0, 0.1) is 5.92 Å². The number of H-pyrrole nitrogens is 1. The third kappa shape index (κ3) is 3.73. The second-order valence-electron chi connectivity index (χ2n) is 8.34. The first-order chi connectivity index (χ1) is 15.5. The molecule has 0 amide bonds. The van der Waals surface area contributed by atoms with Crippen LogP contribution in [0.1, 0.15) is 26.2 Å². The number of nitrogen functional groups attached to an aromatic ring is 1. The number of hydrogen-bond donors (Lipinski definition) is 2. The van der Waals surface area contributed by atoms with Gasteiger partial charge in [-0.15, -0.1) is 0 Å². The first-order valence-corrected chi connectivity index (χ1v) is 12.6. The minimum atomic E-state index is -3.10. The summed E-state index contributed by atoms with van der Waals surface area (Å²) in [5.74, 6) is 1.04. The highest BCUT2D eigenvalue weighted by Crippen LogP contribution is 2.32. The summed E-state index contributed by atoms with van der Waals surface area (Å²) in [6.45, 7) is 3.59. The van der Waals surface area contributed by atoms with Gasteiger partial charge in [-0.25, -0.2) is 27.4 Å². The fourth-order valence-corrected chi connectivity index (χ4v) is 5.68. The quantitative estimate of drug-likeness (QED) is 0.463. The fourth-order valence-electron chi connectivity index (χ4n) is 4.55. The first-order valence-electron chi connectivity index (χ1n) is 11.0. The minimum absolute atomic E-state index is 0.162. The lowest BCUT2D eigenvalue weighted by molar-refractivity contribution is 0.255. The molecule has 0 radical (unpaired) electrons. The van der Waals surface area contributed by atoms with Crippen LogP contribution in [-0.2, 0) is 16.6 Å². The highest BCUT2D eigenvalue weighted by molar-refractivity contribution is 7.89. The molecule has 1 aliphatic rings. The van der Waals surface area contributed by atoms with Crippen LogP contribution in [0.4, 0.5) is 5.82 Å². The van der Waals surface area contributed by atoms with Crippen molar-refractivity contribution in [2.24, 2.45) is 5.92 Å². The molecule has 3 aromatic heterocycles. The van der Waals surface area contributed by atoms with Gasteiger partial charge in [0.15, 0.2) is 5.65 Å². The second-order valence-corrected chi connectivity index (χ2v) is 10.6. The van der Waals surface area contributed by atoms with Gasteiger partial charge in [-0.3, -0.25) is 0 Å². The topological polar surface area (TPSA) is 123 Å². The normalized spacial score (nSPS) is 16.3. The molecule has 0 bridgehead atoms. The van der Waals surface area contributed by atoms with Crippen LogP contribution < -0.4 is 5.73 Å². The van der Waals surface area contributed by atoms with Gasteiger partial charge in [0.05, 0.1) is 11.1 Å². The van der Waals surface area contributed by atoms with Crippen LogP contribution in [0.3, 0.4) is 0 Å². The Morgan fingerprint density at radius 3 is 2.78 bits per heavy atom. The third-order valence-electron chi connectivity index (χ3n) is 6.47. The Hall–Kier alpha value is -2.98. The van der Waals surface area contributed by atoms with Gasteiger partial charge < -0.3 is 10.7 Å². The van der Waals surface area contributed by atoms with Crippen LogP contribution in [0.2, 0.25) is 0 Å². The van der Waals surface area contributed by atoms with E-state index >= 15 is 0 Å². The number of piperidine rings is 1. The lowest BCUT2D eigenvalue weighted by atomic mass is 9.95. The highest BCUT2D eigenvalue weighted by atomic mass is 32.2. The van der Waals surface area contributed by atoms with E-state index in [1.54, 1.807) is 11.2 Å². The summed E-state index contributed by atoms with van der Waals surface area (Å²) in [7, 11) is -3.10. The van der Waals surface area contributed by atoms with Crippen LogP contribution in [0.15, 0.2) is 36.8 Å². The Kier molecular flexibility index (Phi) is 5.34. The average Bonchev–Trinajstić information content (AvgIpc) is 3.43. The van der Waals surface area contributed by atoms with Gasteiger partial charge in [-0.05, 0) is 50.3 Å². The number of nitrogens with two attached hydrogens (primary N) is 1. The number of aromatic amines is 1. The summed E-state index contributed by atoms with van der Waals surface area (Å²) in [4.78, 5) is 11.9. The number of sulfonamides is 1. The molecule has 0 unspecified atom stereocenters. The number of hydrogen-bond acceptors (Lipinski definition) is 6. The van der Waals surface area contributed by atoms with Crippen molar-refractivity contribution in [1.29, 1.82) is 0 Å². The van der Waals surface area contributed by atoms with E-state index in [2.05, 4.69) is 21.0 Å². The summed E-state index contributed by atoms with van der Waals surface area (Å²) < 4.78 is 27.7. The van der Waals surface area contributed by atoms with Crippen molar-refractivity contribution in [3.05, 3.63) is 36.8 Å². The van der Waals surface area contributed by atoms with Crippen LogP contribution >= 0.6 is 0 Å². The monoisotopic (exact) mass is 453 g/mol. The number of anilines is 1. The number of benzene rings is 1. The molecule has 168 valence electrons. The van der Waals surface area contributed by atoms with E-state index in [1.807, 2.05) is 29.1 Å². The number of nitrogens with zero attached hydrogens (tertiary/aromatic N) is 5. The molecule has 4 heterocycles. The van der Waals surface area contributed by atoms with E-state index in [4.69, 9.17) is 10.8 Å². The molecule has 9 nitrogen and oxygen atoms in total. The number of rotatable bonds is 6. The molecule has 1 fully saturated rings. The molecular formula is C22H27N7O2S. The molecule has 1 aliphatic heterocycles. The smallest absolute Gasteiger partial charge is 0.213 e. The van der Waals surface area contributed by atoms with Gasteiger partial charge in [0.2, 0.25) is 10.0 Å². The van der Waals surface area contributed by atoms with Gasteiger partial charge in [0.25, 0.3) is 0 Å². The number of fused-ring (bicyclic) bond motifs is 2. The van der Waals surface area contributed by atoms with Crippen molar-refractivity contribution in [1.82, 2.24) is 29.0 Å². The standard InChI is InChI=1S/C22H27N7O2S/c1-2-32(30,31)28-10-6-15(7-11-28)8-12-29-22-19(21(23)25-14-26-22)20(27-29)17-3-4-18-16(13-17)5-9-24-18/h3-5,9,13-15,24H,2,6-8,10-12H2,1H3,(H2,23,25,26). The molecule has 1 aromatic carbocycles. The Balaban J connectivity index is 1.39. The second kappa shape index (κ2) is 8.18. The van der Waals surface area contributed by atoms with E-state index in [0.717, 1.165) is 52.5 Å². The Bertz CT molecular complexity index is 1370. The van der Waals surface area contributed by atoms with Gasteiger partial charge in [-0.2, -0.15) is 5.10 Å². The molecule has 0 atom stereocenters. The Morgan fingerprint density at radius 2 is 2.00 bits per heavy atom. The predicted octanol–water partition coefficient (Wildman–Crippen LogP) is 3.01. The van der Waals surface area contributed by atoms with Crippen molar-refractivity contribution < 1.29 is 8.42 Å². The van der Waals surface area contributed by atoms with Gasteiger partial charge >= 0.3 is 0 Å². The molecule has 0 aliphatic carbocycles. The van der Waals surface area contributed by atoms with E-state index in [-0.39, 0.29) is 5.75 Å². The number of aryl methyl sites for hydroxylation is 1. The first kappa shape index (κ1) is 20.9. The van der Waals surface area contributed by atoms with Crippen LogP contribution in [0.5, 0.6) is 0 Å². The molecule has 4 aromatic rings. The predicted molar refractivity (Wildman–Crippen MR) is 125 cm³/mol. The third-order valence-corrected chi connectivity index (χ3v) is 8.35. The van der Waals surface area contributed by atoms with Gasteiger partial charge in [-0.1, -0.05) is 6.07 Å². The summed E-state index contributed by atoms with van der Waals surface area (Å²) in [5.41, 5.74) is 9.79. The van der Waals surface area contributed by atoms with Crippen molar-refractivity contribution in [3.63, 3.8) is 0 Å². The molecular weight excluding hydrogens is 426 g/mol. The van der Waals surface area contributed by atoms with Crippen LogP contribution in [-0.4, -0.2) is 56.3 Å². The van der Waals surface area contributed by atoms with E-state index in [1.165, 1.54) is 6.33 Å². The zero-order valence-corrected chi connectivity index (χ0v) is 18.8. The van der Waals surface area contributed by atoms with Gasteiger partial charge in [0, 0.05) is 42.3 Å². The Morgan fingerprint density at radius 1 is 1.19 bits per heavy atom. The summed E-state index contributed by atoms with van der Waals surface area (Å²) in [6, 6.07) is 8.19. The SMILES string of the molecule is CCS(=O)(=O)N1CCC(CCn2nc(-c3ccc4[nH]ccc4c3)c3c(N)ncnc32)CC1. The van der Waals surface area contributed by atoms with E-state index in [9.17, 15) is 8.42 Å². The van der Waals surface area contributed by atoms with Crippen molar-refractivity contribution in [2.75, 3.05) is 24.6 Å². The largest absolute Gasteiger partial charge is 0.383 e. The maximum absolute atomic E-state index is 12.1. The number of nitrogens with one attached hydrogen (secondary N) is 1. The molecule has 1 saturated heterocycles. The summed E-state index contributed by atoms with van der Waals surface area (Å²) >= 11 is 0. The van der Waals surface area contributed by atoms with Crippen LogP contribution in [0.25, 0.3) is 33.2 Å². The molecule has 32 heavy (non-hydrogen) atoms. The Labute approximate surface area is 186 Å². The average molecular weight is 454 g/mol. The lowest BCUT2D eigenvalue weighted by Crippen LogP contribution is -2.39. The fraction of sp³-hybridized carbons (Fsp3) is 0.409. The molecule has 0 saturated carbocycles. The molecule has 3 N–H and O–H groups in total. The van der Waals surface area contributed by atoms with E-state index < -0.39 is 10.0 Å². The van der Waals surface area contributed by atoms with Crippen molar-refractivity contribution >= 4 is 37.8 Å². The summed E-state index contributed by atoms with van der Waals surface area (Å²) in [5, 5.41) is 6.76. The molecule has 0 spiro atoms. The zero-order chi connectivity index (χ0) is 22.3. The maximum Gasteiger partial charge on any atom is 0.213 e. The van der Waals surface area contributed by atoms with Crippen molar-refractivity contribution in [3.8, 4) is 11.3 Å².